The van der Waals surface area contributed by atoms with Gasteiger partial charge in [-0.3, -0.25) is 4.79 Å². The highest BCUT2D eigenvalue weighted by molar-refractivity contribution is 9.10. The van der Waals surface area contributed by atoms with Crippen LogP contribution in [-0.4, -0.2) is 45.3 Å². The van der Waals surface area contributed by atoms with Crippen molar-refractivity contribution in [2.75, 3.05) is 20.7 Å². The van der Waals surface area contributed by atoms with E-state index in [1.165, 1.54) is 37.9 Å². The van der Waals surface area contributed by atoms with Crippen LogP contribution in [0.2, 0.25) is 0 Å². The van der Waals surface area contributed by atoms with Gasteiger partial charge in [-0.2, -0.15) is 0 Å². The van der Waals surface area contributed by atoms with Crippen LogP contribution in [0, 0.1) is 0 Å². The Morgan fingerprint density at radius 1 is 1.13 bits per heavy atom. The predicted octanol–water partition coefficient (Wildman–Crippen LogP) is 3.30. The summed E-state index contributed by atoms with van der Waals surface area (Å²) >= 11 is 3.18. The first kappa shape index (κ1) is 24.0. The zero-order chi connectivity index (χ0) is 22.5. The van der Waals surface area contributed by atoms with Crippen LogP contribution >= 0.6 is 15.9 Å². The molecule has 2 aromatic rings. The van der Waals surface area contributed by atoms with Crippen molar-refractivity contribution in [2.45, 2.75) is 31.2 Å². The number of carbonyl (C=O) groups excluding carboxylic acids is 2. The number of sulfonamides is 1. The van der Waals surface area contributed by atoms with Gasteiger partial charge in [-0.15, -0.1) is 0 Å². The highest BCUT2D eigenvalue weighted by Gasteiger charge is 2.23. The van der Waals surface area contributed by atoms with Gasteiger partial charge in [0, 0.05) is 18.6 Å². The van der Waals surface area contributed by atoms with Crippen LogP contribution < -0.4 is 5.32 Å². The first-order valence-corrected chi connectivity index (χ1v) is 11.6. The van der Waals surface area contributed by atoms with Gasteiger partial charge in [0.05, 0.1) is 16.5 Å². The zero-order valence-corrected chi connectivity index (χ0v) is 19.7. The van der Waals surface area contributed by atoms with Gasteiger partial charge in [0.1, 0.15) is 0 Å². The third kappa shape index (κ3) is 5.90. The number of hydrogen-bond donors (Lipinski definition) is 1. The molecule has 0 bridgehead atoms. The number of nitrogens with one attached hydrogen (secondary N) is 1. The maximum atomic E-state index is 12.4. The number of carbonyl (C=O) groups is 2. The molecule has 0 fully saturated rings. The smallest absolute Gasteiger partial charge is 0.338 e. The number of nitrogens with zero attached hydrogens (tertiary/aromatic N) is 1. The molecule has 0 aromatic heterocycles. The summed E-state index contributed by atoms with van der Waals surface area (Å²) in [5.74, 6) is -1.23. The highest BCUT2D eigenvalue weighted by atomic mass is 79.9. The van der Waals surface area contributed by atoms with Crippen LogP contribution in [0.15, 0.2) is 51.8 Å². The van der Waals surface area contributed by atoms with E-state index in [0.29, 0.717) is 4.47 Å². The fourth-order valence-electron chi connectivity index (χ4n) is 2.65. The van der Waals surface area contributed by atoms with E-state index >= 15 is 0 Å². The van der Waals surface area contributed by atoms with Gasteiger partial charge >= 0.3 is 5.97 Å². The van der Waals surface area contributed by atoms with Crippen molar-refractivity contribution in [3.8, 4) is 0 Å². The zero-order valence-electron chi connectivity index (χ0n) is 17.3. The molecule has 7 nitrogen and oxygen atoms in total. The summed E-state index contributed by atoms with van der Waals surface area (Å²) in [6, 6.07) is 11.8. The quantitative estimate of drug-likeness (QED) is 0.565. The lowest BCUT2D eigenvalue weighted by Crippen LogP contribution is -2.31. The lowest BCUT2D eigenvalue weighted by molar-refractivity contribution is -0.124. The minimum Gasteiger partial charge on any atom is -0.452 e. The molecule has 9 heteroatoms. The molecule has 0 saturated heterocycles. The Labute approximate surface area is 185 Å². The highest BCUT2D eigenvalue weighted by Crippen LogP contribution is 2.25. The van der Waals surface area contributed by atoms with Crippen LogP contribution in [0.4, 0.5) is 0 Å². The van der Waals surface area contributed by atoms with Gasteiger partial charge in [0.15, 0.2) is 6.61 Å². The molecule has 1 amide bonds. The molecule has 0 spiro atoms. The summed E-state index contributed by atoms with van der Waals surface area (Å²) in [6.45, 7) is 3.44. The normalized spacial score (nSPS) is 12.5. The lowest BCUT2D eigenvalue weighted by atomic mass is 10.1. The number of esters is 1. The monoisotopic (exact) mass is 496 g/mol. The molecule has 0 saturated carbocycles. The van der Waals surface area contributed by atoms with E-state index in [2.05, 4.69) is 28.2 Å². The number of aryl methyl sites for hydroxylation is 1. The molecular weight excluding hydrogens is 472 g/mol. The standard InChI is InChI=1S/C21H25BrN2O5S/c1-5-15-6-8-16(9-7-15)14(2)23-20(25)13-29-21(26)17-10-11-18(22)19(12-17)30(27,28)24(3)4/h6-12,14H,5,13H2,1-4H3,(H,23,25). The molecule has 0 radical (unpaired) electrons. The summed E-state index contributed by atoms with van der Waals surface area (Å²) in [7, 11) is -0.953. The van der Waals surface area contributed by atoms with Crippen molar-refractivity contribution in [3.63, 3.8) is 0 Å². The number of ether oxygens (including phenoxy) is 1. The van der Waals surface area contributed by atoms with Crippen molar-refractivity contribution in [1.82, 2.24) is 9.62 Å². The molecule has 0 aliphatic carbocycles. The van der Waals surface area contributed by atoms with Gasteiger partial charge in [0.2, 0.25) is 10.0 Å². The maximum Gasteiger partial charge on any atom is 0.338 e. The first-order valence-electron chi connectivity index (χ1n) is 9.33. The summed E-state index contributed by atoms with van der Waals surface area (Å²) < 4.78 is 31.2. The average molecular weight is 497 g/mol. The third-order valence-corrected chi connectivity index (χ3v) is 7.33. The second-order valence-corrected chi connectivity index (χ2v) is 9.87. The Bertz CT molecular complexity index is 1020. The number of halogens is 1. The minimum atomic E-state index is -3.75. The van der Waals surface area contributed by atoms with Crippen molar-refractivity contribution in [1.29, 1.82) is 0 Å². The van der Waals surface area contributed by atoms with E-state index in [1.54, 1.807) is 0 Å². The van der Waals surface area contributed by atoms with Crippen molar-refractivity contribution < 1.29 is 22.7 Å². The fraction of sp³-hybridized carbons (Fsp3) is 0.333. The van der Waals surface area contributed by atoms with E-state index in [0.717, 1.165) is 16.3 Å². The Kier molecular flexibility index (Phi) is 8.17. The molecule has 0 heterocycles. The minimum absolute atomic E-state index is 0.0367. The van der Waals surface area contributed by atoms with E-state index < -0.39 is 28.5 Å². The summed E-state index contributed by atoms with van der Waals surface area (Å²) in [6.07, 6.45) is 0.935. The number of benzene rings is 2. The van der Waals surface area contributed by atoms with Gasteiger partial charge in [-0.25, -0.2) is 17.5 Å². The third-order valence-electron chi connectivity index (χ3n) is 4.53. The number of amides is 1. The molecule has 2 rings (SSSR count). The molecule has 0 aliphatic heterocycles. The first-order chi connectivity index (χ1) is 14.1. The molecule has 1 atom stereocenters. The van der Waals surface area contributed by atoms with Gasteiger partial charge in [-0.1, -0.05) is 31.2 Å². The molecule has 1 unspecified atom stereocenters. The van der Waals surface area contributed by atoms with E-state index in [1.807, 2.05) is 31.2 Å². The molecular formula is C21H25BrN2O5S. The molecule has 0 aliphatic rings. The SMILES string of the molecule is CCc1ccc(C(C)NC(=O)COC(=O)c2ccc(Br)c(S(=O)(=O)N(C)C)c2)cc1. The van der Waals surface area contributed by atoms with E-state index in [9.17, 15) is 18.0 Å². The van der Waals surface area contributed by atoms with Gasteiger partial charge in [0.25, 0.3) is 5.91 Å². The fourth-order valence-corrected chi connectivity index (χ4v) is 4.49. The van der Waals surface area contributed by atoms with Crippen LogP contribution in [0.3, 0.4) is 0 Å². The molecule has 2 aromatic carbocycles. The summed E-state index contributed by atoms with van der Waals surface area (Å²) in [4.78, 5) is 24.4. The Morgan fingerprint density at radius 2 is 1.77 bits per heavy atom. The van der Waals surface area contributed by atoms with Crippen LogP contribution in [0.25, 0.3) is 0 Å². The van der Waals surface area contributed by atoms with Gasteiger partial charge in [-0.05, 0) is 58.6 Å². The predicted molar refractivity (Wildman–Crippen MR) is 118 cm³/mol. The largest absolute Gasteiger partial charge is 0.452 e. The number of rotatable bonds is 8. The summed E-state index contributed by atoms with van der Waals surface area (Å²) in [5, 5.41) is 2.77. The average Bonchev–Trinajstić information content (AvgIpc) is 2.72. The van der Waals surface area contributed by atoms with Crippen molar-refractivity contribution in [2.24, 2.45) is 0 Å². The second kappa shape index (κ2) is 10.2. The lowest BCUT2D eigenvalue weighted by Gasteiger charge is -2.15. The van der Waals surface area contributed by atoms with Crippen LogP contribution in [-0.2, 0) is 26.0 Å². The number of hydrogen-bond acceptors (Lipinski definition) is 5. The Morgan fingerprint density at radius 3 is 2.33 bits per heavy atom. The summed E-state index contributed by atoms with van der Waals surface area (Å²) in [5.41, 5.74) is 2.18. The molecule has 162 valence electrons. The Balaban J connectivity index is 2.00. The van der Waals surface area contributed by atoms with Crippen molar-refractivity contribution in [3.05, 3.63) is 63.6 Å². The molecule has 1 N–H and O–H groups in total. The molecule has 30 heavy (non-hydrogen) atoms. The van der Waals surface area contributed by atoms with Crippen molar-refractivity contribution >= 4 is 37.8 Å². The van der Waals surface area contributed by atoms with Crippen LogP contribution in [0.1, 0.15) is 41.4 Å². The van der Waals surface area contributed by atoms with Crippen LogP contribution in [0.5, 0.6) is 0 Å². The van der Waals surface area contributed by atoms with E-state index in [4.69, 9.17) is 4.74 Å². The van der Waals surface area contributed by atoms with Gasteiger partial charge < -0.3 is 10.1 Å². The van der Waals surface area contributed by atoms with E-state index in [-0.39, 0.29) is 16.5 Å². The Hall–Kier alpha value is -2.23. The maximum absolute atomic E-state index is 12.4. The topological polar surface area (TPSA) is 92.8 Å². The second-order valence-electron chi connectivity index (χ2n) is 6.89.